The molecule has 0 aliphatic heterocycles. The Morgan fingerprint density at radius 3 is 2.39 bits per heavy atom. The number of hydrogen-bond acceptors (Lipinski definition) is 5. The molecule has 0 aliphatic carbocycles. The number of carbonyl (C=O) groups excluding carboxylic acids is 2. The van der Waals surface area contributed by atoms with Gasteiger partial charge in [0, 0.05) is 10.7 Å². The third-order valence-corrected chi connectivity index (χ3v) is 5.62. The lowest BCUT2D eigenvalue weighted by Crippen LogP contribution is -2.45. The second-order valence-corrected chi connectivity index (χ2v) is 8.47. The van der Waals surface area contributed by atoms with Gasteiger partial charge in [-0.2, -0.15) is 0 Å². The van der Waals surface area contributed by atoms with Crippen molar-refractivity contribution in [2.75, 3.05) is 23.0 Å². The first kappa shape index (κ1) is 21.7. The second kappa shape index (κ2) is 8.62. The molecule has 2 aromatic rings. The van der Waals surface area contributed by atoms with Crippen LogP contribution in [0.4, 0.5) is 11.4 Å². The number of halogens is 1. The number of sulfonamides is 1. The average Bonchev–Trinajstić information content (AvgIpc) is 2.61. The normalized spacial score (nSPS) is 12.2. The predicted molar refractivity (Wildman–Crippen MR) is 109 cm³/mol. The summed E-state index contributed by atoms with van der Waals surface area (Å²) in [6.45, 7) is 3.13. The molecule has 0 spiro atoms. The van der Waals surface area contributed by atoms with Gasteiger partial charge in [0.2, 0.25) is 15.9 Å². The summed E-state index contributed by atoms with van der Waals surface area (Å²) in [7, 11) is -2.50. The highest BCUT2D eigenvalue weighted by atomic mass is 35.5. The minimum atomic E-state index is -3.77. The summed E-state index contributed by atoms with van der Waals surface area (Å²) < 4.78 is 30.4. The molecule has 0 bridgehead atoms. The van der Waals surface area contributed by atoms with Gasteiger partial charge in [-0.25, -0.2) is 13.2 Å². The van der Waals surface area contributed by atoms with Crippen LogP contribution in [0.15, 0.2) is 42.5 Å². The maximum absolute atomic E-state index is 12.8. The van der Waals surface area contributed by atoms with E-state index in [9.17, 15) is 18.0 Å². The SMILES string of the molecule is COC(=O)c1cccc(NC(=O)[C@H](C)N(c2cccc(Cl)c2)S(C)(=O)=O)c1C. The fourth-order valence-electron chi connectivity index (χ4n) is 2.76. The molecule has 0 saturated carbocycles. The Morgan fingerprint density at radius 1 is 1.18 bits per heavy atom. The van der Waals surface area contributed by atoms with Crippen LogP contribution >= 0.6 is 11.6 Å². The molecule has 0 unspecified atom stereocenters. The highest BCUT2D eigenvalue weighted by Gasteiger charge is 2.29. The van der Waals surface area contributed by atoms with Crippen LogP contribution in [0, 0.1) is 6.92 Å². The van der Waals surface area contributed by atoms with E-state index in [1.807, 2.05) is 0 Å². The predicted octanol–water partition coefficient (Wildman–Crippen LogP) is 3.23. The average molecular weight is 425 g/mol. The van der Waals surface area contributed by atoms with E-state index in [-0.39, 0.29) is 5.69 Å². The van der Waals surface area contributed by atoms with Gasteiger partial charge >= 0.3 is 5.97 Å². The molecule has 1 N–H and O–H groups in total. The third kappa shape index (κ3) is 4.82. The van der Waals surface area contributed by atoms with E-state index < -0.39 is 27.9 Å². The van der Waals surface area contributed by atoms with Crippen molar-refractivity contribution in [3.63, 3.8) is 0 Å². The molecule has 2 aromatic carbocycles. The smallest absolute Gasteiger partial charge is 0.338 e. The summed E-state index contributed by atoms with van der Waals surface area (Å²) in [4.78, 5) is 24.6. The zero-order chi connectivity index (χ0) is 21.1. The lowest BCUT2D eigenvalue weighted by atomic mass is 10.1. The van der Waals surface area contributed by atoms with E-state index in [4.69, 9.17) is 16.3 Å². The lowest BCUT2D eigenvalue weighted by molar-refractivity contribution is -0.116. The number of carbonyl (C=O) groups is 2. The number of anilines is 2. The fraction of sp³-hybridized carbons (Fsp3) is 0.263. The largest absolute Gasteiger partial charge is 0.465 e. The summed E-state index contributed by atoms with van der Waals surface area (Å²) in [5.41, 5.74) is 1.49. The van der Waals surface area contributed by atoms with Crippen LogP contribution in [0.25, 0.3) is 0 Å². The van der Waals surface area contributed by atoms with Gasteiger partial charge in [0.1, 0.15) is 6.04 Å². The summed E-state index contributed by atoms with van der Waals surface area (Å²) in [5, 5.41) is 3.03. The number of nitrogens with one attached hydrogen (secondary N) is 1. The van der Waals surface area contributed by atoms with Crippen molar-refractivity contribution >= 4 is 44.9 Å². The zero-order valence-corrected chi connectivity index (χ0v) is 17.5. The molecule has 150 valence electrons. The molecule has 0 saturated heterocycles. The summed E-state index contributed by atoms with van der Waals surface area (Å²) >= 11 is 5.97. The lowest BCUT2D eigenvalue weighted by Gasteiger charge is -2.28. The second-order valence-electron chi connectivity index (χ2n) is 6.17. The number of rotatable bonds is 6. The molecule has 0 aromatic heterocycles. The fourth-order valence-corrected chi connectivity index (χ4v) is 4.11. The van der Waals surface area contributed by atoms with Crippen LogP contribution in [-0.4, -0.2) is 39.7 Å². The Bertz CT molecular complexity index is 1010. The molecular weight excluding hydrogens is 404 g/mol. The van der Waals surface area contributed by atoms with Gasteiger partial charge in [0.15, 0.2) is 0 Å². The number of nitrogens with zero attached hydrogens (tertiary/aromatic N) is 1. The van der Waals surface area contributed by atoms with Crippen LogP contribution in [0.2, 0.25) is 5.02 Å². The van der Waals surface area contributed by atoms with E-state index in [0.29, 0.717) is 21.8 Å². The number of esters is 1. The van der Waals surface area contributed by atoms with Gasteiger partial charge in [0.05, 0.1) is 24.6 Å². The van der Waals surface area contributed by atoms with Crippen LogP contribution in [0.3, 0.4) is 0 Å². The van der Waals surface area contributed by atoms with Gasteiger partial charge in [-0.05, 0) is 49.7 Å². The van der Waals surface area contributed by atoms with Gasteiger partial charge in [-0.1, -0.05) is 23.7 Å². The van der Waals surface area contributed by atoms with Crippen LogP contribution in [-0.2, 0) is 19.6 Å². The van der Waals surface area contributed by atoms with Crippen LogP contribution < -0.4 is 9.62 Å². The zero-order valence-electron chi connectivity index (χ0n) is 15.9. The minimum absolute atomic E-state index is 0.276. The molecule has 7 nitrogen and oxygen atoms in total. The minimum Gasteiger partial charge on any atom is -0.465 e. The van der Waals surface area contributed by atoms with E-state index in [1.165, 1.54) is 20.1 Å². The van der Waals surface area contributed by atoms with Crippen molar-refractivity contribution < 1.29 is 22.7 Å². The molecule has 2 rings (SSSR count). The van der Waals surface area contributed by atoms with Crippen LogP contribution in [0.1, 0.15) is 22.8 Å². The summed E-state index contributed by atoms with van der Waals surface area (Å²) in [6.07, 6.45) is 1.01. The van der Waals surface area contributed by atoms with Crippen LogP contribution in [0.5, 0.6) is 0 Å². The van der Waals surface area contributed by atoms with Crippen molar-refractivity contribution in [2.24, 2.45) is 0 Å². The topological polar surface area (TPSA) is 92.8 Å². The first-order chi connectivity index (χ1) is 13.1. The standard InChI is InChI=1S/C19H21ClN2O5S/c1-12-16(19(24)27-3)9-6-10-17(12)21-18(23)13(2)22(28(4,25)26)15-8-5-7-14(20)11-15/h5-11,13H,1-4H3,(H,21,23)/t13-/m0/s1. The monoisotopic (exact) mass is 424 g/mol. The first-order valence-corrected chi connectivity index (χ1v) is 10.5. The summed E-state index contributed by atoms with van der Waals surface area (Å²) in [6, 6.07) is 9.98. The quantitative estimate of drug-likeness (QED) is 0.718. The van der Waals surface area contributed by atoms with E-state index in [2.05, 4.69) is 5.32 Å². The summed E-state index contributed by atoms with van der Waals surface area (Å²) in [5.74, 6) is -1.09. The van der Waals surface area contributed by atoms with Crippen molar-refractivity contribution in [1.82, 2.24) is 0 Å². The van der Waals surface area contributed by atoms with Gasteiger partial charge in [0.25, 0.3) is 0 Å². The van der Waals surface area contributed by atoms with E-state index in [1.54, 1.807) is 43.3 Å². The Kier molecular flexibility index (Phi) is 6.69. The molecule has 0 fully saturated rings. The highest BCUT2D eigenvalue weighted by Crippen LogP contribution is 2.25. The van der Waals surface area contributed by atoms with Crippen molar-refractivity contribution in [3.05, 3.63) is 58.6 Å². The Labute approximate surface area is 169 Å². The molecule has 9 heteroatoms. The van der Waals surface area contributed by atoms with Crippen molar-refractivity contribution in [3.8, 4) is 0 Å². The van der Waals surface area contributed by atoms with E-state index >= 15 is 0 Å². The van der Waals surface area contributed by atoms with Gasteiger partial charge < -0.3 is 10.1 Å². The molecule has 0 heterocycles. The van der Waals surface area contributed by atoms with E-state index in [0.717, 1.165) is 10.6 Å². The molecule has 0 radical (unpaired) electrons. The van der Waals surface area contributed by atoms with Gasteiger partial charge in [-0.3, -0.25) is 9.10 Å². The Morgan fingerprint density at radius 2 is 1.82 bits per heavy atom. The molecule has 0 aliphatic rings. The Balaban J connectivity index is 2.36. The molecule has 1 atom stereocenters. The van der Waals surface area contributed by atoms with Crippen molar-refractivity contribution in [2.45, 2.75) is 19.9 Å². The molecular formula is C19H21ClN2O5S. The maximum Gasteiger partial charge on any atom is 0.338 e. The maximum atomic E-state index is 12.8. The first-order valence-electron chi connectivity index (χ1n) is 8.30. The van der Waals surface area contributed by atoms with Crippen molar-refractivity contribution in [1.29, 1.82) is 0 Å². The van der Waals surface area contributed by atoms with Gasteiger partial charge in [-0.15, -0.1) is 0 Å². The highest BCUT2D eigenvalue weighted by molar-refractivity contribution is 7.92. The Hall–Kier alpha value is -2.58. The molecule has 1 amide bonds. The number of ether oxygens (including phenoxy) is 1. The number of amides is 1. The number of benzene rings is 2. The third-order valence-electron chi connectivity index (χ3n) is 4.15. The number of methoxy groups -OCH3 is 1. The molecule has 28 heavy (non-hydrogen) atoms. The number of hydrogen-bond donors (Lipinski definition) is 1.